The first kappa shape index (κ1) is 13.9. The van der Waals surface area contributed by atoms with Crippen LogP contribution >= 0.6 is 0 Å². The zero-order chi connectivity index (χ0) is 13.9. The van der Waals surface area contributed by atoms with Crippen LogP contribution in [0, 0.1) is 0 Å². The molecule has 3 nitrogen and oxygen atoms in total. The molecule has 2 aliphatic rings. The van der Waals surface area contributed by atoms with Gasteiger partial charge >= 0.3 is 0 Å². The Morgan fingerprint density at radius 2 is 2.05 bits per heavy atom. The highest BCUT2D eigenvalue weighted by Gasteiger charge is 2.19. The lowest BCUT2D eigenvalue weighted by molar-refractivity contribution is 0.247. The highest BCUT2D eigenvalue weighted by Crippen LogP contribution is 2.28. The highest BCUT2D eigenvalue weighted by atomic mass is 16.5. The molecule has 3 heteroatoms. The van der Waals surface area contributed by atoms with Gasteiger partial charge in [0.05, 0.1) is 6.61 Å². The van der Waals surface area contributed by atoms with Gasteiger partial charge in [-0.3, -0.25) is 4.90 Å². The summed E-state index contributed by atoms with van der Waals surface area (Å²) in [4.78, 5) is 2.59. The predicted octanol–water partition coefficient (Wildman–Crippen LogP) is 2.76. The van der Waals surface area contributed by atoms with Crippen molar-refractivity contribution in [2.75, 3.05) is 26.2 Å². The summed E-state index contributed by atoms with van der Waals surface area (Å²) in [6.07, 6.45) is 3.79. The summed E-state index contributed by atoms with van der Waals surface area (Å²) >= 11 is 0. The summed E-state index contributed by atoms with van der Waals surface area (Å²) < 4.78 is 5.57. The van der Waals surface area contributed by atoms with Crippen molar-refractivity contribution in [3.8, 4) is 5.75 Å². The van der Waals surface area contributed by atoms with E-state index >= 15 is 0 Å². The number of hydrogen-bond donors (Lipinski definition) is 1. The molecule has 110 valence electrons. The maximum atomic E-state index is 5.57. The average molecular weight is 274 g/mol. The lowest BCUT2D eigenvalue weighted by Crippen LogP contribution is -2.39. The van der Waals surface area contributed by atoms with E-state index in [0.29, 0.717) is 12.1 Å². The number of nitrogens with zero attached hydrogens (tertiary/aromatic N) is 1. The van der Waals surface area contributed by atoms with E-state index in [2.05, 4.69) is 42.3 Å². The minimum Gasteiger partial charge on any atom is -0.493 e. The Balaban J connectivity index is 1.54. The van der Waals surface area contributed by atoms with Crippen molar-refractivity contribution >= 4 is 0 Å². The molecule has 2 heterocycles. The zero-order valence-corrected chi connectivity index (χ0v) is 12.7. The lowest BCUT2D eigenvalue weighted by Gasteiger charge is -2.26. The largest absolute Gasteiger partial charge is 0.493 e. The van der Waals surface area contributed by atoms with Gasteiger partial charge in [-0.2, -0.15) is 0 Å². The van der Waals surface area contributed by atoms with Crippen molar-refractivity contribution in [3.05, 3.63) is 29.3 Å². The topological polar surface area (TPSA) is 24.5 Å². The summed E-state index contributed by atoms with van der Waals surface area (Å²) in [6.45, 7) is 9.04. The molecule has 1 fully saturated rings. The lowest BCUT2D eigenvalue weighted by atomic mass is 10.0. The van der Waals surface area contributed by atoms with Crippen LogP contribution in [0.25, 0.3) is 0 Å². The predicted molar refractivity (Wildman–Crippen MR) is 82.3 cm³/mol. The van der Waals surface area contributed by atoms with Crippen LogP contribution in [0.1, 0.15) is 43.9 Å². The van der Waals surface area contributed by atoms with Crippen molar-refractivity contribution in [2.24, 2.45) is 0 Å². The van der Waals surface area contributed by atoms with Crippen LogP contribution in [0.5, 0.6) is 5.75 Å². The van der Waals surface area contributed by atoms with Crippen molar-refractivity contribution in [1.29, 1.82) is 0 Å². The molecule has 1 N–H and O–H groups in total. The molecule has 0 radical (unpaired) electrons. The minimum absolute atomic E-state index is 0.408. The van der Waals surface area contributed by atoms with E-state index in [4.69, 9.17) is 4.74 Å². The number of benzene rings is 1. The van der Waals surface area contributed by atoms with Gasteiger partial charge in [0, 0.05) is 25.0 Å². The first-order valence-corrected chi connectivity index (χ1v) is 7.97. The average Bonchev–Trinajstić information content (AvgIpc) is 3.13. The summed E-state index contributed by atoms with van der Waals surface area (Å²) in [6, 6.07) is 7.67. The second-order valence-corrected chi connectivity index (χ2v) is 6.19. The fourth-order valence-corrected chi connectivity index (χ4v) is 3.25. The van der Waals surface area contributed by atoms with E-state index in [-0.39, 0.29) is 0 Å². The van der Waals surface area contributed by atoms with Crippen LogP contribution in [-0.4, -0.2) is 37.2 Å². The SMILES string of the molecule is CC(NCC(C)N1CCCC1)c1ccc2c(c1)CCO2. The third-order valence-electron chi connectivity index (χ3n) is 4.70. The zero-order valence-electron chi connectivity index (χ0n) is 12.7. The Kier molecular flexibility index (Phi) is 4.27. The molecule has 0 aromatic heterocycles. The number of likely N-dealkylation sites (tertiary alicyclic amines) is 1. The molecular formula is C17H26N2O. The Labute approximate surface area is 122 Å². The van der Waals surface area contributed by atoms with E-state index in [1.54, 1.807) is 0 Å². The van der Waals surface area contributed by atoms with Crippen LogP contribution < -0.4 is 10.1 Å². The van der Waals surface area contributed by atoms with Crippen LogP contribution in [0.4, 0.5) is 0 Å². The van der Waals surface area contributed by atoms with Gasteiger partial charge in [-0.25, -0.2) is 0 Å². The summed E-state index contributed by atoms with van der Waals surface area (Å²) in [5.74, 6) is 1.08. The minimum atomic E-state index is 0.408. The number of nitrogens with one attached hydrogen (secondary N) is 1. The molecule has 0 amide bonds. The van der Waals surface area contributed by atoms with E-state index in [1.165, 1.54) is 37.1 Å². The van der Waals surface area contributed by atoms with E-state index in [1.807, 2.05) is 0 Å². The van der Waals surface area contributed by atoms with Gasteiger partial charge < -0.3 is 10.1 Å². The van der Waals surface area contributed by atoms with Gasteiger partial charge in [-0.1, -0.05) is 12.1 Å². The smallest absolute Gasteiger partial charge is 0.122 e. The monoisotopic (exact) mass is 274 g/mol. The Morgan fingerprint density at radius 1 is 1.25 bits per heavy atom. The summed E-state index contributed by atoms with van der Waals surface area (Å²) in [5, 5.41) is 3.68. The van der Waals surface area contributed by atoms with Crippen LogP contribution in [0.15, 0.2) is 18.2 Å². The fraction of sp³-hybridized carbons (Fsp3) is 0.647. The molecule has 1 aromatic rings. The molecule has 1 aromatic carbocycles. The molecule has 20 heavy (non-hydrogen) atoms. The van der Waals surface area contributed by atoms with Gasteiger partial charge in [0.2, 0.25) is 0 Å². The first-order chi connectivity index (χ1) is 9.74. The van der Waals surface area contributed by atoms with Crippen LogP contribution in [-0.2, 0) is 6.42 Å². The molecular weight excluding hydrogens is 248 g/mol. The van der Waals surface area contributed by atoms with E-state index < -0.39 is 0 Å². The third kappa shape index (κ3) is 2.99. The van der Waals surface area contributed by atoms with Gasteiger partial charge in [0.25, 0.3) is 0 Å². The summed E-state index contributed by atoms with van der Waals surface area (Å²) in [5.41, 5.74) is 2.74. The molecule has 0 saturated carbocycles. The quantitative estimate of drug-likeness (QED) is 0.893. The van der Waals surface area contributed by atoms with Crippen molar-refractivity contribution in [1.82, 2.24) is 10.2 Å². The number of hydrogen-bond acceptors (Lipinski definition) is 3. The highest BCUT2D eigenvalue weighted by molar-refractivity contribution is 5.40. The van der Waals surface area contributed by atoms with Gasteiger partial charge in [-0.05, 0) is 57.0 Å². The molecule has 2 atom stereocenters. The Morgan fingerprint density at radius 3 is 2.85 bits per heavy atom. The van der Waals surface area contributed by atoms with E-state index in [0.717, 1.165) is 25.3 Å². The maximum absolute atomic E-state index is 5.57. The molecule has 2 aliphatic heterocycles. The molecule has 0 spiro atoms. The fourth-order valence-electron chi connectivity index (χ4n) is 3.25. The van der Waals surface area contributed by atoms with Crippen molar-refractivity contribution in [3.63, 3.8) is 0 Å². The van der Waals surface area contributed by atoms with Gasteiger partial charge in [0.1, 0.15) is 5.75 Å². The van der Waals surface area contributed by atoms with Gasteiger partial charge in [0.15, 0.2) is 0 Å². The molecule has 0 bridgehead atoms. The number of ether oxygens (including phenoxy) is 1. The molecule has 1 saturated heterocycles. The maximum Gasteiger partial charge on any atom is 0.122 e. The molecule has 0 aliphatic carbocycles. The third-order valence-corrected chi connectivity index (χ3v) is 4.70. The Hall–Kier alpha value is -1.06. The second-order valence-electron chi connectivity index (χ2n) is 6.19. The standard InChI is InChI=1S/C17H26N2O/c1-13(19-8-3-4-9-19)12-18-14(2)15-5-6-17-16(11-15)7-10-20-17/h5-6,11,13-14,18H,3-4,7-10,12H2,1-2H3. The normalized spacial score (nSPS) is 21.5. The van der Waals surface area contributed by atoms with Crippen LogP contribution in [0.2, 0.25) is 0 Å². The molecule has 2 unspecified atom stereocenters. The number of fused-ring (bicyclic) bond motifs is 1. The van der Waals surface area contributed by atoms with Crippen LogP contribution in [0.3, 0.4) is 0 Å². The van der Waals surface area contributed by atoms with Gasteiger partial charge in [-0.15, -0.1) is 0 Å². The van der Waals surface area contributed by atoms with E-state index in [9.17, 15) is 0 Å². The Bertz CT molecular complexity index is 454. The van der Waals surface area contributed by atoms with Crippen molar-refractivity contribution in [2.45, 2.75) is 45.2 Å². The second kappa shape index (κ2) is 6.15. The summed E-state index contributed by atoms with van der Waals surface area (Å²) in [7, 11) is 0. The first-order valence-electron chi connectivity index (χ1n) is 7.97. The van der Waals surface area contributed by atoms with Crippen molar-refractivity contribution < 1.29 is 4.74 Å². The number of rotatable bonds is 5. The molecule has 3 rings (SSSR count).